The maximum atomic E-state index is 4.41. The van der Waals surface area contributed by atoms with E-state index >= 15 is 0 Å². The quantitative estimate of drug-likeness (QED) is 0.600. The minimum atomic E-state index is 0.436. The zero-order valence-electron chi connectivity index (χ0n) is 13.4. The fraction of sp³-hybridized carbons (Fsp3) is 0.733. The van der Waals surface area contributed by atoms with Crippen molar-refractivity contribution < 1.29 is 0 Å². The van der Waals surface area contributed by atoms with Gasteiger partial charge in [0.15, 0.2) is 5.96 Å². The summed E-state index contributed by atoms with van der Waals surface area (Å²) in [6.07, 6.45) is 5.41. The Morgan fingerprint density at radius 3 is 2.65 bits per heavy atom. The minimum Gasteiger partial charge on any atom is -0.354 e. The first kappa shape index (κ1) is 17.0. The van der Waals surface area contributed by atoms with Crippen LogP contribution < -0.4 is 10.6 Å². The van der Waals surface area contributed by atoms with E-state index in [9.17, 15) is 0 Å². The zero-order chi connectivity index (χ0) is 15.0. The van der Waals surface area contributed by atoms with Crippen LogP contribution in [0.1, 0.15) is 50.4 Å². The van der Waals surface area contributed by atoms with Gasteiger partial charge in [0.1, 0.15) is 5.01 Å². The van der Waals surface area contributed by atoms with E-state index in [2.05, 4.69) is 48.3 Å². The van der Waals surface area contributed by atoms with Crippen LogP contribution in [0.4, 0.5) is 0 Å². The molecule has 0 bridgehead atoms. The summed E-state index contributed by atoms with van der Waals surface area (Å²) in [4.78, 5) is 10.0. The molecule has 0 saturated carbocycles. The third kappa shape index (κ3) is 6.37. The standard InChI is InChI=1S/C15H28N4S/c1-6-13-9-17-14(20-13)10-18-15(16-5)19-12(4)8-7-11(2)3/h9,11-12H,6-8,10H2,1-5H3,(H2,16,18,19). The van der Waals surface area contributed by atoms with E-state index in [1.54, 1.807) is 11.3 Å². The topological polar surface area (TPSA) is 49.3 Å². The van der Waals surface area contributed by atoms with E-state index in [1.165, 1.54) is 11.3 Å². The number of nitrogens with one attached hydrogen (secondary N) is 2. The summed E-state index contributed by atoms with van der Waals surface area (Å²) in [7, 11) is 1.81. The average molecular weight is 296 g/mol. The van der Waals surface area contributed by atoms with Gasteiger partial charge in [-0.25, -0.2) is 4.98 Å². The van der Waals surface area contributed by atoms with Gasteiger partial charge in [0.05, 0.1) is 6.54 Å². The van der Waals surface area contributed by atoms with Gasteiger partial charge in [-0.3, -0.25) is 4.99 Å². The molecule has 0 spiro atoms. The van der Waals surface area contributed by atoms with E-state index in [4.69, 9.17) is 0 Å². The highest BCUT2D eigenvalue weighted by Crippen LogP contribution is 2.12. The van der Waals surface area contributed by atoms with E-state index < -0.39 is 0 Å². The number of hydrogen-bond donors (Lipinski definition) is 2. The molecule has 5 heteroatoms. The van der Waals surface area contributed by atoms with Crippen molar-refractivity contribution in [2.45, 2.75) is 59.5 Å². The number of thiazole rings is 1. The number of rotatable bonds is 7. The molecule has 20 heavy (non-hydrogen) atoms. The van der Waals surface area contributed by atoms with Crippen molar-refractivity contribution in [1.29, 1.82) is 0 Å². The first-order valence-electron chi connectivity index (χ1n) is 7.45. The second-order valence-electron chi connectivity index (χ2n) is 5.52. The second kappa shape index (κ2) is 8.95. The molecule has 0 aliphatic heterocycles. The molecule has 114 valence electrons. The Bertz CT molecular complexity index is 412. The van der Waals surface area contributed by atoms with Crippen LogP contribution in [0.2, 0.25) is 0 Å². The van der Waals surface area contributed by atoms with E-state index in [1.807, 2.05) is 13.2 Å². The molecule has 0 fully saturated rings. The lowest BCUT2D eigenvalue weighted by molar-refractivity contribution is 0.489. The summed E-state index contributed by atoms with van der Waals surface area (Å²) < 4.78 is 0. The number of aromatic nitrogens is 1. The number of aryl methyl sites for hydroxylation is 1. The van der Waals surface area contributed by atoms with Gasteiger partial charge < -0.3 is 10.6 Å². The number of hydrogen-bond acceptors (Lipinski definition) is 3. The summed E-state index contributed by atoms with van der Waals surface area (Å²) in [6.45, 7) is 9.61. The lowest BCUT2D eigenvalue weighted by Gasteiger charge is -2.18. The van der Waals surface area contributed by atoms with Crippen LogP contribution in [0.25, 0.3) is 0 Å². The van der Waals surface area contributed by atoms with Gasteiger partial charge >= 0.3 is 0 Å². The van der Waals surface area contributed by atoms with E-state index in [-0.39, 0.29) is 0 Å². The Kier molecular flexibility index (Phi) is 7.59. The van der Waals surface area contributed by atoms with Crippen LogP contribution in [-0.2, 0) is 13.0 Å². The van der Waals surface area contributed by atoms with Crippen molar-refractivity contribution in [1.82, 2.24) is 15.6 Å². The van der Waals surface area contributed by atoms with Crippen LogP contribution in [0.3, 0.4) is 0 Å². The Morgan fingerprint density at radius 2 is 2.10 bits per heavy atom. The molecule has 4 nitrogen and oxygen atoms in total. The van der Waals surface area contributed by atoms with Crippen molar-refractivity contribution in [3.63, 3.8) is 0 Å². The molecule has 1 aromatic heterocycles. The van der Waals surface area contributed by atoms with Gasteiger partial charge in [-0.2, -0.15) is 0 Å². The molecule has 1 aromatic rings. The number of aliphatic imine (C=N–C) groups is 1. The van der Waals surface area contributed by atoms with E-state index in [0.29, 0.717) is 6.04 Å². The molecular formula is C15H28N4S. The van der Waals surface area contributed by atoms with Crippen molar-refractivity contribution in [3.05, 3.63) is 16.1 Å². The van der Waals surface area contributed by atoms with Crippen molar-refractivity contribution in [2.75, 3.05) is 7.05 Å². The van der Waals surface area contributed by atoms with Gasteiger partial charge in [-0.1, -0.05) is 20.8 Å². The first-order chi connectivity index (χ1) is 9.55. The number of nitrogens with zero attached hydrogens (tertiary/aromatic N) is 2. The smallest absolute Gasteiger partial charge is 0.191 e. The minimum absolute atomic E-state index is 0.436. The third-order valence-corrected chi connectivity index (χ3v) is 4.28. The lowest BCUT2D eigenvalue weighted by atomic mass is 10.0. The fourth-order valence-electron chi connectivity index (χ4n) is 1.84. The molecular weight excluding hydrogens is 268 g/mol. The van der Waals surface area contributed by atoms with Crippen LogP contribution in [0.15, 0.2) is 11.2 Å². The first-order valence-corrected chi connectivity index (χ1v) is 8.27. The lowest BCUT2D eigenvalue weighted by Crippen LogP contribution is -2.41. The molecule has 0 aromatic carbocycles. The highest BCUT2D eigenvalue weighted by atomic mass is 32.1. The predicted molar refractivity (Wildman–Crippen MR) is 88.4 cm³/mol. The molecule has 0 radical (unpaired) electrons. The van der Waals surface area contributed by atoms with Crippen LogP contribution >= 0.6 is 11.3 Å². The molecule has 0 amide bonds. The average Bonchev–Trinajstić information content (AvgIpc) is 2.89. The van der Waals surface area contributed by atoms with Crippen LogP contribution in [0, 0.1) is 5.92 Å². The Balaban J connectivity index is 2.36. The summed E-state index contributed by atoms with van der Waals surface area (Å²) in [5.41, 5.74) is 0. The summed E-state index contributed by atoms with van der Waals surface area (Å²) >= 11 is 1.76. The van der Waals surface area contributed by atoms with Gasteiger partial charge in [-0.05, 0) is 32.1 Å². The molecule has 1 rings (SSSR count). The second-order valence-corrected chi connectivity index (χ2v) is 6.72. The monoisotopic (exact) mass is 296 g/mol. The molecule has 0 aliphatic carbocycles. The Hall–Kier alpha value is -1.10. The van der Waals surface area contributed by atoms with Gasteiger partial charge in [0.2, 0.25) is 0 Å². The van der Waals surface area contributed by atoms with Crippen LogP contribution in [0.5, 0.6) is 0 Å². The number of guanidine groups is 1. The molecule has 0 aliphatic rings. The van der Waals surface area contributed by atoms with E-state index in [0.717, 1.165) is 36.3 Å². The van der Waals surface area contributed by atoms with Crippen molar-refractivity contribution in [2.24, 2.45) is 10.9 Å². The maximum Gasteiger partial charge on any atom is 0.191 e. The zero-order valence-corrected chi connectivity index (χ0v) is 14.2. The third-order valence-electron chi connectivity index (χ3n) is 3.14. The summed E-state index contributed by atoms with van der Waals surface area (Å²) in [5, 5.41) is 7.87. The van der Waals surface area contributed by atoms with Gasteiger partial charge in [0.25, 0.3) is 0 Å². The highest BCUT2D eigenvalue weighted by Gasteiger charge is 2.07. The molecule has 1 heterocycles. The Labute approximate surface area is 127 Å². The maximum absolute atomic E-state index is 4.41. The van der Waals surface area contributed by atoms with Gasteiger partial charge in [-0.15, -0.1) is 11.3 Å². The molecule has 1 atom stereocenters. The SMILES string of the molecule is CCc1cnc(CNC(=NC)NC(C)CCC(C)C)s1. The highest BCUT2D eigenvalue weighted by molar-refractivity contribution is 7.11. The van der Waals surface area contributed by atoms with Crippen molar-refractivity contribution in [3.8, 4) is 0 Å². The van der Waals surface area contributed by atoms with Crippen LogP contribution in [-0.4, -0.2) is 24.0 Å². The predicted octanol–water partition coefficient (Wildman–Crippen LogP) is 3.20. The molecule has 1 unspecified atom stereocenters. The van der Waals surface area contributed by atoms with Crippen molar-refractivity contribution >= 4 is 17.3 Å². The molecule has 2 N–H and O–H groups in total. The Morgan fingerprint density at radius 1 is 1.35 bits per heavy atom. The van der Waals surface area contributed by atoms with Gasteiger partial charge in [0, 0.05) is 24.2 Å². The molecule has 0 saturated heterocycles. The normalized spacial score (nSPS) is 13.6. The summed E-state index contributed by atoms with van der Waals surface area (Å²) in [6, 6.07) is 0.436. The summed E-state index contributed by atoms with van der Waals surface area (Å²) in [5.74, 6) is 1.60. The largest absolute Gasteiger partial charge is 0.354 e. The fourth-order valence-corrected chi connectivity index (χ4v) is 2.64.